The Balaban J connectivity index is 2.38. The molecular weight excluding hydrogens is 272 g/mol. The molecule has 20 heavy (non-hydrogen) atoms. The van der Waals surface area contributed by atoms with Gasteiger partial charge in [-0.2, -0.15) is 0 Å². The minimum Gasteiger partial charge on any atom is -0.399 e. The third-order valence-electron chi connectivity index (χ3n) is 3.20. The van der Waals surface area contributed by atoms with Crippen LogP contribution < -0.4 is 10.6 Å². The number of anilines is 2. The Labute approximate surface area is 124 Å². The number of rotatable bonds is 3. The van der Waals surface area contributed by atoms with Gasteiger partial charge in [0.1, 0.15) is 0 Å². The first-order valence-corrected chi connectivity index (χ1v) is 6.84. The molecule has 0 saturated heterocycles. The van der Waals surface area contributed by atoms with Crippen molar-refractivity contribution in [1.29, 1.82) is 0 Å². The van der Waals surface area contributed by atoms with Gasteiger partial charge in [0, 0.05) is 28.5 Å². The van der Waals surface area contributed by atoms with E-state index >= 15 is 0 Å². The molecule has 0 radical (unpaired) electrons. The quantitative estimate of drug-likeness (QED) is 0.871. The molecule has 2 rings (SSSR count). The first-order valence-electron chi connectivity index (χ1n) is 6.46. The Morgan fingerprint density at radius 3 is 2.45 bits per heavy atom. The summed E-state index contributed by atoms with van der Waals surface area (Å²) in [5, 5.41) is 0.562. The molecule has 4 heteroatoms. The summed E-state index contributed by atoms with van der Waals surface area (Å²) in [6.45, 7) is 4.42. The molecule has 104 valence electrons. The molecule has 0 aliphatic heterocycles. The van der Waals surface area contributed by atoms with Crippen LogP contribution in [0, 0.1) is 6.92 Å². The molecule has 0 atom stereocenters. The van der Waals surface area contributed by atoms with Crippen LogP contribution in [-0.4, -0.2) is 12.5 Å². The van der Waals surface area contributed by atoms with Crippen molar-refractivity contribution in [2.45, 2.75) is 13.8 Å². The number of hydrogen-bond acceptors (Lipinski definition) is 2. The number of hydrogen-bond donors (Lipinski definition) is 1. The van der Waals surface area contributed by atoms with E-state index in [1.807, 2.05) is 32.0 Å². The zero-order valence-corrected chi connectivity index (χ0v) is 12.3. The fraction of sp³-hybridized carbons (Fsp3) is 0.188. The molecule has 0 fully saturated rings. The van der Waals surface area contributed by atoms with Crippen molar-refractivity contribution in [2.75, 3.05) is 17.2 Å². The average Bonchev–Trinajstić information content (AvgIpc) is 2.44. The second-order valence-electron chi connectivity index (χ2n) is 4.60. The monoisotopic (exact) mass is 288 g/mol. The van der Waals surface area contributed by atoms with Gasteiger partial charge in [-0.05, 0) is 55.8 Å². The zero-order chi connectivity index (χ0) is 14.7. The van der Waals surface area contributed by atoms with Crippen LogP contribution in [0.4, 0.5) is 11.4 Å². The van der Waals surface area contributed by atoms with Gasteiger partial charge < -0.3 is 10.6 Å². The van der Waals surface area contributed by atoms with E-state index in [2.05, 4.69) is 0 Å². The summed E-state index contributed by atoms with van der Waals surface area (Å²) < 4.78 is 0. The maximum atomic E-state index is 12.7. The van der Waals surface area contributed by atoms with Crippen LogP contribution in [0.1, 0.15) is 22.8 Å². The number of aryl methyl sites for hydroxylation is 1. The van der Waals surface area contributed by atoms with Gasteiger partial charge in [0.05, 0.1) is 0 Å². The van der Waals surface area contributed by atoms with Crippen LogP contribution in [0.25, 0.3) is 0 Å². The van der Waals surface area contributed by atoms with E-state index in [9.17, 15) is 4.79 Å². The van der Waals surface area contributed by atoms with Gasteiger partial charge in [-0.25, -0.2) is 0 Å². The Kier molecular flexibility index (Phi) is 4.30. The third kappa shape index (κ3) is 2.94. The summed E-state index contributed by atoms with van der Waals surface area (Å²) in [4.78, 5) is 14.4. The second kappa shape index (κ2) is 5.97. The molecular formula is C16H17ClN2O. The minimum atomic E-state index is -0.0581. The molecule has 3 nitrogen and oxygen atoms in total. The summed E-state index contributed by atoms with van der Waals surface area (Å²) in [6, 6.07) is 12.6. The van der Waals surface area contributed by atoms with E-state index in [-0.39, 0.29) is 5.91 Å². The number of nitrogens with two attached hydrogens (primary N) is 1. The molecule has 0 aliphatic rings. The zero-order valence-electron chi connectivity index (χ0n) is 11.6. The predicted molar refractivity (Wildman–Crippen MR) is 84.4 cm³/mol. The maximum absolute atomic E-state index is 12.7. The highest BCUT2D eigenvalue weighted by Crippen LogP contribution is 2.22. The number of nitrogens with zero attached hydrogens (tertiary/aromatic N) is 1. The summed E-state index contributed by atoms with van der Waals surface area (Å²) in [5.74, 6) is -0.0581. The minimum absolute atomic E-state index is 0.0581. The Morgan fingerprint density at radius 2 is 1.85 bits per heavy atom. The van der Waals surface area contributed by atoms with Crippen molar-refractivity contribution < 1.29 is 4.79 Å². The molecule has 2 N–H and O–H groups in total. The van der Waals surface area contributed by atoms with E-state index in [4.69, 9.17) is 17.3 Å². The molecule has 0 spiro atoms. The Bertz CT molecular complexity index is 623. The molecule has 0 heterocycles. The van der Waals surface area contributed by atoms with Crippen LogP contribution in [0.15, 0.2) is 42.5 Å². The summed E-state index contributed by atoms with van der Waals surface area (Å²) in [5.41, 5.74) is 8.71. The van der Waals surface area contributed by atoms with E-state index in [0.29, 0.717) is 22.8 Å². The number of nitrogen functional groups attached to an aromatic ring is 1. The fourth-order valence-corrected chi connectivity index (χ4v) is 2.24. The van der Waals surface area contributed by atoms with E-state index in [0.717, 1.165) is 11.3 Å². The molecule has 0 unspecified atom stereocenters. The predicted octanol–water partition coefficient (Wildman–Crippen LogP) is 3.90. The van der Waals surface area contributed by atoms with Gasteiger partial charge in [0.15, 0.2) is 0 Å². The van der Waals surface area contributed by atoms with Gasteiger partial charge in [0.2, 0.25) is 0 Å². The lowest BCUT2D eigenvalue weighted by molar-refractivity contribution is 0.0987. The molecule has 0 aromatic heterocycles. The lowest BCUT2D eigenvalue weighted by Crippen LogP contribution is -2.31. The summed E-state index contributed by atoms with van der Waals surface area (Å²) >= 11 is 5.99. The van der Waals surface area contributed by atoms with Crippen molar-refractivity contribution >= 4 is 28.9 Å². The smallest absolute Gasteiger partial charge is 0.258 e. The highest BCUT2D eigenvalue weighted by Gasteiger charge is 2.18. The molecule has 2 aromatic rings. The number of amides is 1. The molecule has 0 saturated carbocycles. The Hall–Kier alpha value is -2.00. The van der Waals surface area contributed by atoms with E-state index < -0.39 is 0 Å². The summed E-state index contributed by atoms with van der Waals surface area (Å²) in [7, 11) is 0. The van der Waals surface area contributed by atoms with Gasteiger partial charge in [-0.1, -0.05) is 17.7 Å². The number of benzene rings is 2. The second-order valence-corrected chi connectivity index (χ2v) is 5.04. The molecule has 0 bridgehead atoms. The van der Waals surface area contributed by atoms with Gasteiger partial charge in [-0.15, -0.1) is 0 Å². The lowest BCUT2D eigenvalue weighted by atomic mass is 10.1. The molecule has 1 amide bonds. The largest absolute Gasteiger partial charge is 0.399 e. The normalized spacial score (nSPS) is 10.3. The van der Waals surface area contributed by atoms with Crippen molar-refractivity contribution in [3.63, 3.8) is 0 Å². The Morgan fingerprint density at radius 1 is 1.20 bits per heavy atom. The van der Waals surface area contributed by atoms with Crippen LogP contribution in [0.3, 0.4) is 0 Å². The lowest BCUT2D eigenvalue weighted by Gasteiger charge is -2.22. The molecule has 2 aromatic carbocycles. The first-order chi connectivity index (χ1) is 9.52. The number of carbonyl (C=O) groups excluding carboxylic acids is 1. The fourth-order valence-electron chi connectivity index (χ4n) is 2.07. The van der Waals surface area contributed by atoms with Gasteiger partial charge in [-0.3, -0.25) is 4.79 Å². The standard InChI is InChI=1S/C16H17ClN2O/c1-3-19(14-8-6-13(18)7-9-14)16(20)15-10-12(17)5-4-11(15)2/h4-10H,3,18H2,1-2H3. The van der Waals surface area contributed by atoms with Crippen LogP contribution in [0.5, 0.6) is 0 Å². The van der Waals surface area contributed by atoms with Crippen molar-refractivity contribution in [1.82, 2.24) is 0 Å². The highest BCUT2D eigenvalue weighted by atomic mass is 35.5. The van der Waals surface area contributed by atoms with Crippen LogP contribution in [0.2, 0.25) is 5.02 Å². The number of carbonyl (C=O) groups is 1. The van der Waals surface area contributed by atoms with Crippen LogP contribution in [-0.2, 0) is 0 Å². The molecule has 0 aliphatic carbocycles. The van der Waals surface area contributed by atoms with Crippen molar-refractivity contribution in [2.24, 2.45) is 0 Å². The van der Waals surface area contributed by atoms with Crippen molar-refractivity contribution in [3.8, 4) is 0 Å². The van der Waals surface area contributed by atoms with E-state index in [1.165, 1.54) is 0 Å². The highest BCUT2D eigenvalue weighted by molar-refractivity contribution is 6.31. The topological polar surface area (TPSA) is 46.3 Å². The van der Waals surface area contributed by atoms with Gasteiger partial charge in [0.25, 0.3) is 5.91 Å². The number of halogens is 1. The first kappa shape index (κ1) is 14.4. The van der Waals surface area contributed by atoms with Crippen molar-refractivity contribution in [3.05, 3.63) is 58.6 Å². The maximum Gasteiger partial charge on any atom is 0.258 e. The third-order valence-corrected chi connectivity index (χ3v) is 3.43. The van der Waals surface area contributed by atoms with E-state index in [1.54, 1.807) is 29.2 Å². The van der Waals surface area contributed by atoms with Gasteiger partial charge >= 0.3 is 0 Å². The summed E-state index contributed by atoms with van der Waals surface area (Å²) in [6.07, 6.45) is 0. The van der Waals surface area contributed by atoms with Crippen LogP contribution >= 0.6 is 11.6 Å². The average molecular weight is 289 g/mol. The SMILES string of the molecule is CCN(C(=O)c1cc(Cl)ccc1C)c1ccc(N)cc1.